The van der Waals surface area contributed by atoms with Crippen LogP contribution in [0.3, 0.4) is 0 Å². The first-order chi connectivity index (χ1) is 13.0. The number of carbonyl (C=O) groups excluding carboxylic acids is 1. The summed E-state index contributed by atoms with van der Waals surface area (Å²) in [6.45, 7) is 9.23. The van der Waals surface area contributed by atoms with Gasteiger partial charge in [0.25, 0.3) is 5.91 Å². The molecule has 0 heterocycles. The minimum Gasteiger partial charge on any atom is -0.492 e. The zero-order valence-electron chi connectivity index (χ0n) is 17.3. The Morgan fingerprint density at radius 3 is 2.48 bits per heavy atom. The molecule has 0 bridgehead atoms. The minimum absolute atomic E-state index is 0.171. The normalized spacial score (nSPS) is 12.9. The summed E-state index contributed by atoms with van der Waals surface area (Å²) in [6.07, 6.45) is 6.61. The monoisotopic (exact) mass is 374 g/mol. The Labute approximate surface area is 164 Å². The van der Waals surface area contributed by atoms with Gasteiger partial charge in [-0.3, -0.25) is 4.79 Å². The first kappa shape index (κ1) is 23.0. The fourth-order valence-electron chi connectivity index (χ4n) is 2.70. The predicted molar refractivity (Wildman–Crippen MR) is 109 cm³/mol. The van der Waals surface area contributed by atoms with Crippen molar-refractivity contribution in [2.75, 3.05) is 18.5 Å². The van der Waals surface area contributed by atoms with E-state index >= 15 is 0 Å². The number of benzene rings is 1. The molecular weight excluding hydrogens is 340 g/mol. The van der Waals surface area contributed by atoms with Crippen LogP contribution < -0.4 is 10.1 Å². The Kier molecular flexibility index (Phi) is 10.5. The number of carbonyl (C=O) groups is 1. The van der Waals surface area contributed by atoms with Gasteiger partial charge in [0.05, 0.1) is 12.2 Å². The van der Waals surface area contributed by atoms with Crippen molar-refractivity contribution in [2.45, 2.75) is 78.2 Å². The smallest absolute Gasteiger partial charge is 0.256 e. The lowest BCUT2D eigenvalue weighted by Crippen LogP contribution is -2.43. The molecule has 27 heavy (non-hydrogen) atoms. The van der Waals surface area contributed by atoms with Gasteiger partial charge < -0.3 is 14.8 Å². The summed E-state index contributed by atoms with van der Waals surface area (Å²) in [5.41, 5.74) is 0.140. The Hall–Kier alpha value is -2.06. The molecule has 1 rings (SSSR count). The minimum atomic E-state index is -0.867. The predicted octanol–water partition coefficient (Wildman–Crippen LogP) is 5.44. The summed E-state index contributed by atoms with van der Waals surface area (Å²) in [5.74, 6) is 0.382. The van der Waals surface area contributed by atoms with Crippen LogP contribution in [0.15, 0.2) is 18.2 Å². The Morgan fingerprint density at radius 1 is 1.11 bits per heavy atom. The highest BCUT2D eigenvalue weighted by Gasteiger charge is 2.33. The SMILES string of the molecule is CCCCCC(C)(OCCC)C(=O)Nc1ccc(OCCCC)c(C#N)c1. The van der Waals surface area contributed by atoms with Gasteiger partial charge in [0, 0.05) is 12.3 Å². The Balaban J connectivity index is 2.86. The van der Waals surface area contributed by atoms with Gasteiger partial charge in [-0.1, -0.05) is 46.5 Å². The number of unbranched alkanes of at least 4 members (excludes halogenated alkanes) is 3. The average molecular weight is 375 g/mol. The number of hydrogen-bond donors (Lipinski definition) is 1. The van der Waals surface area contributed by atoms with Crippen molar-refractivity contribution in [2.24, 2.45) is 0 Å². The van der Waals surface area contributed by atoms with Crippen LogP contribution in [0.25, 0.3) is 0 Å². The van der Waals surface area contributed by atoms with Crippen LogP contribution in [0.2, 0.25) is 0 Å². The second kappa shape index (κ2) is 12.3. The van der Waals surface area contributed by atoms with Crippen molar-refractivity contribution in [1.29, 1.82) is 5.26 Å². The summed E-state index contributed by atoms with van der Waals surface area (Å²) < 4.78 is 11.6. The molecule has 0 aliphatic carbocycles. The van der Waals surface area contributed by atoms with Crippen LogP contribution in [0, 0.1) is 11.3 Å². The third-order valence-corrected chi connectivity index (χ3v) is 4.48. The van der Waals surface area contributed by atoms with Crippen molar-refractivity contribution in [3.8, 4) is 11.8 Å². The summed E-state index contributed by atoms with van der Waals surface area (Å²) in [4.78, 5) is 12.9. The van der Waals surface area contributed by atoms with Gasteiger partial charge in [-0.2, -0.15) is 5.26 Å². The molecule has 0 fully saturated rings. The van der Waals surface area contributed by atoms with Gasteiger partial charge in [0.1, 0.15) is 17.4 Å². The van der Waals surface area contributed by atoms with Crippen LogP contribution in [-0.2, 0) is 9.53 Å². The van der Waals surface area contributed by atoms with Crippen LogP contribution in [0.5, 0.6) is 5.75 Å². The zero-order valence-corrected chi connectivity index (χ0v) is 17.3. The number of rotatable bonds is 13. The van der Waals surface area contributed by atoms with Crippen molar-refractivity contribution in [3.05, 3.63) is 23.8 Å². The van der Waals surface area contributed by atoms with E-state index in [4.69, 9.17) is 9.47 Å². The maximum absolute atomic E-state index is 12.9. The van der Waals surface area contributed by atoms with E-state index in [0.29, 0.717) is 36.6 Å². The third kappa shape index (κ3) is 7.60. The molecule has 1 unspecified atom stereocenters. The van der Waals surface area contributed by atoms with Crippen molar-refractivity contribution >= 4 is 11.6 Å². The van der Waals surface area contributed by atoms with Crippen LogP contribution in [0.4, 0.5) is 5.69 Å². The van der Waals surface area contributed by atoms with E-state index in [-0.39, 0.29) is 5.91 Å². The van der Waals surface area contributed by atoms with Crippen LogP contribution in [0.1, 0.15) is 78.2 Å². The number of amides is 1. The first-order valence-corrected chi connectivity index (χ1v) is 10.1. The molecule has 1 aromatic rings. The maximum Gasteiger partial charge on any atom is 0.256 e. The van der Waals surface area contributed by atoms with Crippen molar-refractivity contribution in [3.63, 3.8) is 0 Å². The highest BCUT2D eigenvalue weighted by Crippen LogP contribution is 2.26. The molecule has 0 saturated carbocycles. The topological polar surface area (TPSA) is 71.3 Å². The average Bonchev–Trinajstić information content (AvgIpc) is 2.67. The van der Waals surface area contributed by atoms with Gasteiger partial charge in [-0.05, 0) is 44.4 Å². The quantitative estimate of drug-likeness (QED) is 0.467. The summed E-state index contributed by atoms with van der Waals surface area (Å²) >= 11 is 0. The molecule has 1 atom stereocenters. The third-order valence-electron chi connectivity index (χ3n) is 4.48. The largest absolute Gasteiger partial charge is 0.492 e. The lowest BCUT2D eigenvalue weighted by atomic mass is 9.96. The molecule has 0 saturated heterocycles. The molecule has 5 nitrogen and oxygen atoms in total. The van der Waals surface area contributed by atoms with Gasteiger partial charge >= 0.3 is 0 Å². The van der Waals surface area contributed by atoms with Crippen LogP contribution >= 0.6 is 0 Å². The molecule has 0 aromatic heterocycles. The summed E-state index contributed by atoms with van der Waals surface area (Å²) in [7, 11) is 0. The maximum atomic E-state index is 12.9. The fraction of sp³-hybridized carbons (Fsp3) is 0.636. The summed E-state index contributed by atoms with van der Waals surface area (Å²) in [5, 5.41) is 12.3. The number of nitrogens with zero attached hydrogens (tertiary/aromatic N) is 1. The molecule has 0 aliphatic rings. The second-order valence-electron chi connectivity index (χ2n) is 7.02. The van der Waals surface area contributed by atoms with Gasteiger partial charge in [-0.25, -0.2) is 0 Å². The fourth-order valence-corrected chi connectivity index (χ4v) is 2.70. The first-order valence-electron chi connectivity index (χ1n) is 10.1. The van der Waals surface area contributed by atoms with Gasteiger partial charge in [0.15, 0.2) is 0 Å². The Bertz CT molecular complexity index is 624. The molecule has 0 aliphatic heterocycles. The molecule has 0 radical (unpaired) electrons. The van der Waals surface area contributed by atoms with Gasteiger partial charge in [-0.15, -0.1) is 0 Å². The van der Waals surface area contributed by atoms with E-state index in [1.54, 1.807) is 18.2 Å². The zero-order chi connectivity index (χ0) is 20.1. The standard InChI is InChI=1S/C22H34N2O3/c1-5-8-10-13-22(4,27-14-7-3)21(25)24-19-11-12-20(18(16-19)17-23)26-15-9-6-2/h11-12,16H,5-10,13-15H2,1-4H3,(H,24,25). The number of ether oxygens (including phenoxy) is 2. The van der Waals surface area contributed by atoms with E-state index in [0.717, 1.165) is 38.5 Å². The molecule has 150 valence electrons. The van der Waals surface area contributed by atoms with Crippen LogP contribution in [-0.4, -0.2) is 24.7 Å². The number of anilines is 1. The van der Waals surface area contributed by atoms with Crippen molar-refractivity contribution in [1.82, 2.24) is 0 Å². The molecule has 1 N–H and O–H groups in total. The van der Waals surface area contributed by atoms with E-state index in [1.165, 1.54) is 0 Å². The number of nitriles is 1. The molecule has 5 heteroatoms. The second-order valence-corrected chi connectivity index (χ2v) is 7.02. The van der Waals surface area contributed by atoms with E-state index in [2.05, 4.69) is 25.2 Å². The van der Waals surface area contributed by atoms with Gasteiger partial charge in [0.2, 0.25) is 0 Å². The highest BCUT2D eigenvalue weighted by atomic mass is 16.5. The van der Waals surface area contributed by atoms with E-state index < -0.39 is 5.60 Å². The number of hydrogen-bond acceptors (Lipinski definition) is 4. The van der Waals surface area contributed by atoms with Crippen molar-refractivity contribution < 1.29 is 14.3 Å². The van der Waals surface area contributed by atoms with E-state index in [1.807, 2.05) is 13.8 Å². The molecular formula is C22H34N2O3. The molecule has 1 amide bonds. The van der Waals surface area contributed by atoms with E-state index in [9.17, 15) is 10.1 Å². The lowest BCUT2D eigenvalue weighted by molar-refractivity contribution is -0.140. The molecule has 1 aromatic carbocycles. The number of nitrogens with one attached hydrogen (secondary N) is 1. The highest BCUT2D eigenvalue weighted by molar-refractivity contribution is 5.97. The Morgan fingerprint density at radius 2 is 1.85 bits per heavy atom. The molecule has 0 spiro atoms. The lowest BCUT2D eigenvalue weighted by Gasteiger charge is -2.29. The summed E-state index contributed by atoms with van der Waals surface area (Å²) in [6, 6.07) is 7.31.